The summed E-state index contributed by atoms with van der Waals surface area (Å²) in [6, 6.07) is 10.0. The molecule has 0 radical (unpaired) electrons. The lowest BCUT2D eigenvalue weighted by Crippen LogP contribution is -2.10. The number of pyridine rings is 1. The van der Waals surface area contributed by atoms with E-state index in [9.17, 15) is 0 Å². The van der Waals surface area contributed by atoms with Crippen LogP contribution in [-0.4, -0.2) is 12.0 Å². The van der Waals surface area contributed by atoms with Gasteiger partial charge in [0.25, 0.3) is 0 Å². The fourth-order valence-corrected chi connectivity index (χ4v) is 2.53. The topological polar surface area (TPSA) is 24.9 Å². The number of nitrogens with one attached hydrogen (secondary N) is 1. The van der Waals surface area contributed by atoms with Gasteiger partial charge in [-0.05, 0) is 17.0 Å². The van der Waals surface area contributed by atoms with Gasteiger partial charge in [-0.1, -0.05) is 68.2 Å². The number of nitrogens with zero attached hydrogens (tertiary/aromatic N) is 1. The van der Waals surface area contributed by atoms with Crippen LogP contribution in [0.2, 0.25) is 10.0 Å². The van der Waals surface area contributed by atoms with Gasteiger partial charge >= 0.3 is 0 Å². The molecule has 2 rings (SSSR count). The molecule has 1 N–H and O–H groups in total. The maximum atomic E-state index is 6.25. The van der Waals surface area contributed by atoms with E-state index in [2.05, 4.69) is 43.2 Å². The Morgan fingerprint density at radius 1 is 1.00 bits per heavy atom. The molecule has 0 saturated carbocycles. The van der Waals surface area contributed by atoms with Crippen LogP contribution >= 0.6 is 23.2 Å². The monoisotopic (exact) mass is 308 g/mol. The zero-order valence-electron chi connectivity index (χ0n) is 12.1. The van der Waals surface area contributed by atoms with Gasteiger partial charge in [-0.25, -0.2) is 4.98 Å². The number of benzene rings is 1. The molecule has 0 bridgehead atoms. The van der Waals surface area contributed by atoms with Crippen molar-refractivity contribution in [3.8, 4) is 11.3 Å². The summed E-state index contributed by atoms with van der Waals surface area (Å²) in [6.07, 6.45) is 0. The molecule has 106 valence electrons. The van der Waals surface area contributed by atoms with E-state index in [1.807, 2.05) is 12.1 Å². The Hall–Kier alpha value is -1.25. The molecule has 0 atom stereocenters. The number of aromatic nitrogens is 1. The fourth-order valence-electron chi connectivity index (χ4n) is 1.97. The molecule has 0 saturated heterocycles. The molecule has 20 heavy (non-hydrogen) atoms. The molecule has 0 fully saturated rings. The molecule has 2 aromatic rings. The molecule has 0 aliphatic rings. The first-order valence-corrected chi connectivity index (χ1v) is 7.23. The summed E-state index contributed by atoms with van der Waals surface area (Å²) in [5.41, 5.74) is 3.13. The highest BCUT2D eigenvalue weighted by Crippen LogP contribution is 2.33. The van der Waals surface area contributed by atoms with E-state index in [4.69, 9.17) is 23.2 Å². The van der Waals surface area contributed by atoms with Crippen LogP contribution in [0.4, 0.5) is 5.82 Å². The molecule has 0 spiro atoms. The molecule has 1 heterocycles. The maximum absolute atomic E-state index is 6.25. The summed E-state index contributed by atoms with van der Waals surface area (Å²) < 4.78 is 0. The van der Waals surface area contributed by atoms with Gasteiger partial charge < -0.3 is 5.32 Å². The van der Waals surface area contributed by atoms with E-state index in [1.165, 1.54) is 5.56 Å². The van der Waals surface area contributed by atoms with Crippen LogP contribution in [0.15, 0.2) is 30.3 Å². The Morgan fingerprint density at radius 2 is 1.60 bits per heavy atom. The Labute approximate surface area is 130 Å². The highest BCUT2D eigenvalue weighted by molar-refractivity contribution is 6.37. The first-order chi connectivity index (χ1) is 9.32. The van der Waals surface area contributed by atoms with E-state index >= 15 is 0 Å². The normalized spacial score (nSPS) is 11.5. The first-order valence-electron chi connectivity index (χ1n) is 6.47. The maximum Gasteiger partial charge on any atom is 0.145 e. The van der Waals surface area contributed by atoms with Crippen molar-refractivity contribution in [1.29, 1.82) is 0 Å². The Bertz CT molecular complexity index is 614. The van der Waals surface area contributed by atoms with E-state index in [-0.39, 0.29) is 5.41 Å². The summed E-state index contributed by atoms with van der Waals surface area (Å²) in [5, 5.41) is 4.04. The van der Waals surface area contributed by atoms with Crippen molar-refractivity contribution in [2.24, 2.45) is 0 Å². The van der Waals surface area contributed by atoms with Crippen LogP contribution in [0.5, 0.6) is 0 Å². The molecule has 0 amide bonds. The lowest BCUT2D eigenvalue weighted by molar-refractivity contribution is 0.590. The van der Waals surface area contributed by atoms with Crippen LogP contribution in [0.1, 0.15) is 26.3 Å². The predicted molar refractivity (Wildman–Crippen MR) is 87.9 cm³/mol. The second-order valence-electron chi connectivity index (χ2n) is 5.73. The van der Waals surface area contributed by atoms with Gasteiger partial charge in [0, 0.05) is 12.6 Å². The van der Waals surface area contributed by atoms with Crippen LogP contribution in [0.25, 0.3) is 11.3 Å². The number of rotatable bonds is 2. The van der Waals surface area contributed by atoms with Gasteiger partial charge in [-0.15, -0.1) is 0 Å². The second-order valence-corrected chi connectivity index (χ2v) is 6.54. The summed E-state index contributed by atoms with van der Waals surface area (Å²) in [4.78, 5) is 4.48. The standard InChI is InChI=1S/C16H18Cl2N2/c1-16(2,3)11-7-5-10(6-8-11)14-12(17)9-13(18)15(19-4)20-14/h5-9H,1-4H3,(H,19,20). The van der Waals surface area contributed by atoms with E-state index < -0.39 is 0 Å². The van der Waals surface area contributed by atoms with Crippen LogP contribution in [0.3, 0.4) is 0 Å². The molecular weight excluding hydrogens is 291 g/mol. The molecule has 4 heteroatoms. The molecule has 1 aromatic heterocycles. The quantitative estimate of drug-likeness (QED) is 0.804. The Morgan fingerprint density at radius 3 is 2.10 bits per heavy atom. The molecule has 0 unspecified atom stereocenters. The summed E-state index contributed by atoms with van der Waals surface area (Å²) in [5.74, 6) is 0.631. The number of hydrogen-bond donors (Lipinski definition) is 1. The lowest BCUT2D eigenvalue weighted by atomic mass is 9.86. The smallest absolute Gasteiger partial charge is 0.145 e. The van der Waals surface area contributed by atoms with Crippen LogP contribution in [0, 0.1) is 0 Å². The average molecular weight is 309 g/mol. The third-order valence-electron chi connectivity index (χ3n) is 3.19. The summed E-state index contributed by atoms with van der Waals surface area (Å²) >= 11 is 12.3. The number of halogens is 2. The first kappa shape index (κ1) is 15.1. The van der Waals surface area contributed by atoms with Gasteiger partial charge in [-0.2, -0.15) is 0 Å². The SMILES string of the molecule is CNc1nc(-c2ccc(C(C)(C)C)cc2)c(Cl)cc1Cl. The van der Waals surface area contributed by atoms with Crippen molar-refractivity contribution in [3.05, 3.63) is 45.9 Å². The highest BCUT2D eigenvalue weighted by Gasteiger charge is 2.15. The van der Waals surface area contributed by atoms with Gasteiger partial charge in [0.2, 0.25) is 0 Å². The van der Waals surface area contributed by atoms with Gasteiger partial charge in [-0.3, -0.25) is 0 Å². The summed E-state index contributed by atoms with van der Waals surface area (Å²) in [6.45, 7) is 6.57. The number of anilines is 1. The third-order valence-corrected chi connectivity index (χ3v) is 3.77. The third kappa shape index (κ3) is 3.08. The fraction of sp³-hybridized carbons (Fsp3) is 0.312. The molecule has 2 nitrogen and oxygen atoms in total. The number of hydrogen-bond acceptors (Lipinski definition) is 2. The molecule has 0 aliphatic carbocycles. The molecule has 0 aliphatic heterocycles. The minimum Gasteiger partial charge on any atom is -0.372 e. The zero-order chi connectivity index (χ0) is 14.9. The van der Waals surface area contributed by atoms with Crippen molar-refractivity contribution < 1.29 is 0 Å². The van der Waals surface area contributed by atoms with E-state index in [0.29, 0.717) is 15.9 Å². The van der Waals surface area contributed by atoms with E-state index in [0.717, 1.165) is 11.3 Å². The van der Waals surface area contributed by atoms with Crippen LogP contribution in [-0.2, 0) is 5.41 Å². The lowest BCUT2D eigenvalue weighted by Gasteiger charge is -2.19. The van der Waals surface area contributed by atoms with Crippen molar-refractivity contribution in [1.82, 2.24) is 4.98 Å². The Balaban J connectivity index is 2.47. The van der Waals surface area contributed by atoms with Crippen molar-refractivity contribution in [2.45, 2.75) is 26.2 Å². The highest BCUT2D eigenvalue weighted by atomic mass is 35.5. The van der Waals surface area contributed by atoms with Gasteiger partial charge in [0.05, 0.1) is 15.7 Å². The van der Waals surface area contributed by atoms with E-state index in [1.54, 1.807) is 13.1 Å². The summed E-state index contributed by atoms with van der Waals surface area (Å²) in [7, 11) is 1.79. The van der Waals surface area contributed by atoms with Gasteiger partial charge in [0.1, 0.15) is 5.82 Å². The molecule has 1 aromatic carbocycles. The largest absolute Gasteiger partial charge is 0.372 e. The minimum atomic E-state index is 0.131. The van der Waals surface area contributed by atoms with Crippen LogP contribution < -0.4 is 5.32 Å². The molecular formula is C16H18Cl2N2. The van der Waals surface area contributed by atoms with Crippen molar-refractivity contribution in [3.63, 3.8) is 0 Å². The Kier molecular flexibility index (Phi) is 4.26. The second kappa shape index (κ2) is 5.63. The predicted octanol–water partition coefficient (Wildman–Crippen LogP) is 5.39. The van der Waals surface area contributed by atoms with Crippen molar-refractivity contribution >= 4 is 29.0 Å². The average Bonchev–Trinajstić information content (AvgIpc) is 2.38. The van der Waals surface area contributed by atoms with Crippen molar-refractivity contribution in [2.75, 3.05) is 12.4 Å². The zero-order valence-corrected chi connectivity index (χ0v) is 13.6. The minimum absolute atomic E-state index is 0.131. The van der Waals surface area contributed by atoms with Gasteiger partial charge in [0.15, 0.2) is 0 Å².